The molecule has 1 N–H and O–H groups in total. The van der Waals surface area contributed by atoms with Gasteiger partial charge >= 0.3 is 6.18 Å². The Balaban J connectivity index is 2.88. The molecule has 1 unspecified atom stereocenters. The van der Waals surface area contributed by atoms with Gasteiger partial charge in [-0.25, -0.2) is 13.9 Å². The van der Waals surface area contributed by atoms with Crippen LogP contribution in [0.2, 0.25) is 0 Å². The molecule has 0 aliphatic heterocycles. The summed E-state index contributed by atoms with van der Waals surface area (Å²) in [5.74, 6) is -0.153. The van der Waals surface area contributed by atoms with Crippen LogP contribution in [0, 0.1) is 0 Å². The summed E-state index contributed by atoms with van der Waals surface area (Å²) in [7, 11) is 0.0165. The summed E-state index contributed by atoms with van der Waals surface area (Å²) < 4.78 is 60.8. The molecule has 0 fully saturated rings. The van der Waals surface area contributed by atoms with Crippen molar-refractivity contribution in [2.24, 2.45) is 0 Å². The van der Waals surface area contributed by atoms with Gasteiger partial charge in [0, 0.05) is 12.2 Å². The van der Waals surface area contributed by atoms with E-state index in [-0.39, 0.29) is 17.7 Å². The molecule has 9 heteroatoms. The van der Waals surface area contributed by atoms with E-state index in [4.69, 9.17) is 4.74 Å². The predicted octanol–water partition coefficient (Wildman–Crippen LogP) is 3.14. The molecule has 0 bridgehead atoms. The van der Waals surface area contributed by atoms with Crippen molar-refractivity contribution in [3.05, 3.63) is 17.8 Å². The molecule has 0 saturated carbocycles. The number of nitrogens with one attached hydrogen (secondary N) is 1. The van der Waals surface area contributed by atoms with Crippen molar-refractivity contribution in [2.75, 3.05) is 13.7 Å². The molecular formula is C14H21F3N2O3S. The zero-order chi connectivity index (χ0) is 17.8. The minimum absolute atomic E-state index is 0.0851. The number of hydrogen-bond acceptors (Lipinski definition) is 4. The molecule has 1 heterocycles. The molecule has 23 heavy (non-hydrogen) atoms. The van der Waals surface area contributed by atoms with E-state index in [2.05, 4.69) is 14.4 Å². The van der Waals surface area contributed by atoms with E-state index in [9.17, 15) is 17.4 Å². The standard InChI is InChI=1S/C14H21F3N2O3S/c1-9(19-23(20)13(2,3)4)10-6-11(21-5)12(18-7-10)22-8-14(15,16)17/h6-7,9,19H,8H2,1-5H3/t9?,23-/m1/s1. The van der Waals surface area contributed by atoms with Crippen LogP contribution in [0.25, 0.3) is 0 Å². The molecule has 1 aromatic rings. The molecule has 0 aromatic carbocycles. The summed E-state index contributed by atoms with van der Waals surface area (Å²) in [6.07, 6.45) is -3.09. The van der Waals surface area contributed by atoms with Gasteiger partial charge in [-0.05, 0) is 39.3 Å². The Morgan fingerprint density at radius 1 is 1.35 bits per heavy atom. The van der Waals surface area contributed by atoms with Gasteiger partial charge in [-0.3, -0.25) is 0 Å². The van der Waals surface area contributed by atoms with E-state index in [1.165, 1.54) is 19.4 Å². The van der Waals surface area contributed by atoms with E-state index in [0.29, 0.717) is 5.56 Å². The van der Waals surface area contributed by atoms with Gasteiger partial charge in [0.1, 0.15) is 0 Å². The summed E-state index contributed by atoms with van der Waals surface area (Å²) in [6.45, 7) is 5.81. The van der Waals surface area contributed by atoms with Crippen molar-refractivity contribution in [2.45, 2.75) is 44.7 Å². The van der Waals surface area contributed by atoms with Crippen LogP contribution in [0.15, 0.2) is 12.3 Å². The van der Waals surface area contributed by atoms with Crippen molar-refractivity contribution in [1.29, 1.82) is 0 Å². The maximum absolute atomic E-state index is 12.2. The Kier molecular flexibility index (Phi) is 6.41. The zero-order valence-electron chi connectivity index (χ0n) is 13.7. The second-order valence-corrected chi connectivity index (χ2v) is 7.90. The van der Waals surface area contributed by atoms with E-state index >= 15 is 0 Å². The fraction of sp³-hybridized carbons (Fsp3) is 0.643. The fourth-order valence-electron chi connectivity index (χ4n) is 1.49. The van der Waals surface area contributed by atoms with Gasteiger partial charge in [-0.2, -0.15) is 13.2 Å². The van der Waals surface area contributed by atoms with Crippen LogP contribution in [-0.2, 0) is 11.0 Å². The monoisotopic (exact) mass is 354 g/mol. The van der Waals surface area contributed by atoms with Crippen LogP contribution in [0.1, 0.15) is 39.3 Å². The maximum Gasteiger partial charge on any atom is 0.422 e. The second kappa shape index (κ2) is 7.48. The summed E-state index contributed by atoms with van der Waals surface area (Å²) in [5, 5.41) is 0. The lowest BCUT2D eigenvalue weighted by atomic mass is 10.1. The van der Waals surface area contributed by atoms with Crippen molar-refractivity contribution in [3.63, 3.8) is 0 Å². The Hall–Kier alpha value is -1.35. The smallest absolute Gasteiger partial charge is 0.422 e. The third-order valence-corrected chi connectivity index (χ3v) is 4.45. The number of rotatable bonds is 6. The number of ether oxygens (including phenoxy) is 2. The average molecular weight is 354 g/mol. The topological polar surface area (TPSA) is 60.5 Å². The third kappa shape index (κ3) is 6.34. The number of hydrogen-bond donors (Lipinski definition) is 1. The van der Waals surface area contributed by atoms with Crippen LogP contribution in [-0.4, -0.2) is 33.8 Å². The summed E-state index contributed by atoms with van der Waals surface area (Å²) in [4.78, 5) is 3.86. The minimum Gasteiger partial charge on any atom is -0.491 e. The summed E-state index contributed by atoms with van der Waals surface area (Å²) in [5.41, 5.74) is 0.624. The van der Waals surface area contributed by atoms with Gasteiger partial charge in [0.2, 0.25) is 0 Å². The van der Waals surface area contributed by atoms with Gasteiger partial charge < -0.3 is 9.47 Å². The van der Waals surface area contributed by atoms with Crippen LogP contribution in [0.5, 0.6) is 11.6 Å². The Morgan fingerprint density at radius 2 is 1.96 bits per heavy atom. The Morgan fingerprint density at radius 3 is 2.43 bits per heavy atom. The minimum atomic E-state index is -4.45. The SMILES string of the molecule is COc1cc(C(C)N[S@](=O)C(C)(C)C)cnc1OCC(F)(F)F. The third-order valence-electron chi connectivity index (χ3n) is 2.77. The molecule has 0 spiro atoms. The lowest BCUT2D eigenvalue weighted by Gasteiger charge is -2.22. The van der Waals surface area contributed by atoms with E-state index in [1.54, 1.807) is 6.92 Å². The molecule has 132 valence electrons. The molecule has 1 aromatic heterocycles. The lowest BCUT2D eigenvalue weighted by Crippen LogP contribution is -2.34. The number of pyridine rings is 1. The highest BCUT2D eigenvalue weighted by Crippen LogP contribution is 2.29. The highest BCUT2D eigenvalue weighted by atomic mass is 32.2. The highest BCUT2D eigenvalue weighted by molar-refractivity contribution is 7.84. The van der Waals surface area contributed by atoms with Crippen LogP contribution < -0.4 is 14.2 Å². The fourth-order valence-corrected chi connectivity index (χ4v) is 2.30. The van der Waals surface area contributed by atoms with Crippen LogP contribution >= 0.6 is 0 Å². The molecule has 0 aliphatic carbocycles. The molecule has 0 amide bonds. The summed E-state index contributed by atoms with van der Waals surface area (Å²) in [6, 6.07) is 1.18. The number of nitrogens with zero attached hydrogens (tertiary/aromatic N) is 1. The molecule has 5 nitrogen and oxygen atoms in total. The molecule has 0 radical (unpaired) electrons. The van der Waals surface area contributed by atoms with Crippen LogP contribution in [0.3, 0.4) is 0 Å². The van der Waals surface area contributed by atoms with Crippen LogP contribution in [0.4, 0.5) is 13.2 Å². The first-order valence-electron chi connectivity index (χ1n) is 6.85. The first-order chi connectivity index (χ1) is 10.4. The first kappa shape index (κ1) is 19.7. The number of alkyl halides is 3. The number of aromatic nitrogens is 1. The first-order valence-corrected chi connectivity index (χ1v) is 8.00. The highest BCUT2D eigenvalue weighted by Gasteiger charge is 2.29. The average Bonchev–Trinajstić information content (AvgIpc) is 2.42. The predicted molar refractivity (Wildman–Crippen MR) is 81.8 cm³/mol. The van der Waals surface area contributed by atoms with Gasteiger partial charge in [-0.15, -0.1) is 0 Å². The van der Waals surface area contributed by atoms with Crippen molar-refractivity contribution < 1.29 is 26.9 Å². The second-order valence-electron chi connectivity index (χ2n) is 5.90. The van der Waals surface area contributed by atoms with Crippen molar-refractivity contribution in [3.8, 4) is 11.6 Å². The van der Waals surface area contributed by atoms with E-state index in [0.717, 1.165) is 0 Å². The molecule has 0 saturated heterocycles. The molecular weight excluding hydrogens is 333 g/mol. The van der Waals surface area contributed by atoms with E-state index in [1.807, 2.05) is 20.8 Å². The quantitative estimate of drug-likeness (QED) is 0.853. The van der Waals surface area contributed by atoms with Crippen molar-refractivity contribution in [1.82, 2.24) is 9.71 Å². The molecule has 2 atom stereocenters. The largest absolute Gasteiger partial charge is 0.491 e. The molecule has 0 aliphatic rings. The number of methoxy groups -OCH3 is 1. The van der Waals surface area contributed by atoms with Gasteiger partial charge in [0.15, 0.2) is 12.4 Å². The zero-order valence-corrected chi connectivity index (χ0v) is 14.5. The molecule has 1 rings (SSSR count). The Labute approximate surface area is 136 Å². The van der Waals surface area contributed by atoms with Gasteiger partial charge in [0.05, 0.1) is 22.8 Å². The lowest BCUT2D eigenvalue weighted by molar-refractivity contribution is -0.154. The number of halogens is 3. The van der Waals surface area contributed by atoms with Gasteiger partial charge in [0.25, 0.3) is 5.88 Å². The van der Waals surface area contributed by atoms with E-state index < -0.39 is 28.5 Å². The Bertz CT molecular complexity index is 559. The van der Waals surface area contributed by atoms with Gasteiger partial charge in [-0.1, -0.05) is 0 Å². The summed E-state index contributed by atoms with van der Waals surface area (Å²) >= 11 is 0. The normalized spacial score (nSPS) is 15.1. The van der Waals surface area contributed by atoms with Crippen molar-refractivity contribution >= 4 is 11.0 Å². The maximum atomic E-state index is 12.2.